The van der Waals surface area contributed by atoms with Crippen LogP contribution in [0.25, 0.3) is 0 Å². The van der Waals surface area contributed by atoms with Crippen molar-refractivity contribution in [1.29, 1.82) is 0 Å². The number of hydrogen-bond acceptors (Lipinski definition) is 1. The molecule has 0 spiro atoms. The van der Waals surface area contributed by atoms with Gasteiger partial charge in [0.1, 0.15) is 6.04 Å². The second-order valence-corrected chi connectivity index (χ2v) is 2.00. The van der Waals surface area contributed by atoms with Gasteiger partial charge in [-0.2, -0.15) is 0 Å². The number of aliphatic imine (C=N–C) groups is 1. The van der Waals surface area contributed by atoms with E-state index in [1.165, 1.54) is 0 Å². The second kappa shape index (κ2) is 2.47. The maximum absolute atomic E-state index is 11.7. The zero-order valence-electron chi connectivity index (χ0n) is 4.26. The third kappa shape index (κ3) is 1.30. The highest BCUT2D eigenvalue weighted by Crippen LogP contribution is 2.16. The fraction of sp³-hybridized carbons (Fsp3) is 0.750. The van der Waals surface area contributed by atoms with Crippen LogP contribution >= 0.6 is 11.6 Å². The Morgan fingerprint density at radius 1 is 1.56 bits per heavy atom. The fourth-order valence-corrected chi connectivity index (χ4v) is 0.679. The van der Waals surface area contributed by atoms with Gasteiger partial charge in [0, 0.05) is 0 Å². The Kier molecular flexibility index (Phi) is 1.85. The molecule has 1 heterocycles. The number of halogens is 3. The van der Waals surface area contributed by atoms with E-state index in [1.54, 1.807) is 0 Å². The molecule has 1 aliphatic heterocycles. The molecule has 0 aromatic heterocycles. The molecule has 0 saturated heterocycles. The molecule has 2 unspecified atom stereocenters. The average molecular weight is 153 g/mol. The summed E-state index contributed by atoms with van der Waals surface area (Å²) in [6, 6.07) is -1.19. The van der Waals surface area contributed by atoms with Gasteiger partial charge in [-0.15, -0.1) is 0 Å². The molecule has 0 saturated carbocycles. The van der Waals surface area contributed by atoms with Gasteiger partial charge in [-0.05, 0) is 0 Å². The molecule has 2 radical (unpaired) electrons. The summed E-state index contributed by atoms with van der Waals surface area (Å²) < 4.78 is 23.4. The van der Waals surface area contributed by atoms with Crippen LogP contribution in [0.2, 0.25) is 0 Å². The zero-order chi connectivity index (χ0) is 6.85. The quantitative estimate of drug-likeness (QED) is 0.391. The molecule has 0 fully saturated rings. The van der Waals surface area contributed by atoms with Crippen molar-refractivity contribution in [1.82, 2.24) is 5.32 Å². The Morgan fingerprint density at radius 2 is 2.22 bits per heavy atom. The van der Waals surface area contributed by atoms with Gasteiger partial charge in [-0.25, -0.2) is 13.8 Å². The molecule has 5 heteroatoms. The first-order valence-corrected chi connectivity index (χ1v) is 2.72. The van der Waals surface area contributed by atoms with Crippen molar-refractivity contribution in [3.63, 3.8) is 0 Å². The maximum atomic E-state index is 11.7. The summed E-state index contributed by atoms with van der Waals surface area (Å²) in [6.45, 7) is 0. The van der Waals surface area contributed by atoms with Crippen LogP contribution in [0.1, 0.15) is 0 Å². The van der Waals surface area contributed by atoms with Crippen LogP contribution in [-0.4, -0.2) is 24.3 Å². The normalized spacial score (nSPS) is 33.3. The average Bonchev–Trinajstić information content (AvgIpc) is 2.13. The van der Waals surface area contributed by atoms with Gasteiger partial charge in [0.25, 0.3) is 6.43 Å². The van der Waals surface area contributed by atoms with Gasteiger partial charge >= 0.3 is 0 Å². The molecule has 0 N–H and O–H groups in total. The molecule has 9 heavy (non-hydrogen) atoms. The summed E-state index contributed by atoms with van der Waals surface area (Å²) in [4.78, 5) is 3.31. The van der Waals surface area contributed by atoms with Crippen molar-refractivity contribution in [2.24, 2.45) is 4.99 Å². The minimum atomic E-state index is -2.54. The summed E-state index contributed by atoms with van der Waals surface area (Å²) in [7, 11) is 0. The molecule has 0 aromatic carbocycles. The van der Waals surface area contributed by atoms with Gasteiger partial charge in [0.05, 0.1) is 0 Å². The first-order valence-electron chi connectivity index (χ1n) is 2.28. The van der Waals surface area contributed by atoms with Crippen LogP contribution < -0.4 is 5.32 Å². The van der Waals surface area contributed by atoms with Gasteiger partial charge in [-0.3, -0.25) is 5.32 Å². The molecule has 2 nitrogen and oxygen atoms in total. The molecule has 1 rings (SSSR count). The second-order valence-electron chi connectivity index (χ2n) is 1.56. The minimum absolute atomic E-state index is 0.926. The molecular formula is C4H3ClF2N2. The molecule has 0 aromatic rings. The Labute approximate surface area is 55.9 Å². The van der Waals surface area contributed by atoms with Crippen molar-refractivity contribution in [3.05, 3.63) is 0 Å². The standard InChI is InChI=1S/C4H3ClF2N2/c5-3-2(4(6)7)8-1-9-3/h2-4H. The first-order chi connectivity index (χ1) is 4.22. The number of alkyl halides is 3. The van der Waals surface area contributed by atoms with Gasteiger partial charge in [0.15, 0.2) is 11.8 Å². The van der Waals surface area contributed by atoms with E-state index < -0.39 is 18.0 Å². The molecule has 50 valence electrons. The fourth-order valence-electron chi connectivity index (χ4n) is 0.469. The number of nitrogens with zero attached hydrogens (tertiary/aromatic N) is 2. The van der Waals surface area contributed by atoms with Gasteiger partial charge in [0.2, 0.25) is 0 Å². The van der Waals surface area contributed by atoms with E-state index in [2.05, 4.69) is 10.3 Å². The Balaban J connectivity index is 2.45. The van der Waals surface area contributed by atoms with E-state index >= 15 is 0 Å². The summed E-state index contributed by atoms with van der Waals surface area (Å²) >= 11 is 5.27. The van der Waals surface area contributed by atoms with Crippen LogP contribution in [-0.2, 0) is 0 Å². The zero-order valence-corrected chi connectivity index (χ0v) is 5.02. The largest absolute Gasteiger partial charge is 0.264 e. The van der Waals surface area contributed by atoms with E-state index in [9.17, 15) is 8.78 Å². The van der Waals surface area contributed by atoms with Crippen molar-refractivity contribution < 1.29 is 8.78 Å². The molecule has 1 aliphatic rings. The first kappa shape index (κ1) is 6.74. The Bertz CT molecular complexity index is 128. The molecule has 0 bridgehead atoms. The van der Waals surface area contributed by atoms with Crippen molar-refractivity contribution >= 4 is 17.9 Å². The minimum Gasteiger partial charge on any atom is -0.251 e. The summed E-state index contributed by atoms with van der Waals surface area (Å²) in [5.74, 6) is 0. The van der Waals surface area contributed by atoms with Gasteiger partial charge in [-0.1, -0.05) is 11.6 Å². The Morgan fingerprint density at radius 3 is 2.44 bits per heavy atom. The van der Waals surface area contributed by atoms with Crippen molar-refractivity contribution in [2.75, 3.05) is 0 Å². The number of hydrogen-bond donors (Lipinski definition) is 0. The smallest absolute Gasteiger partial charge is 0.251 e. The van der Waals surface area contributed by atoms with E-state index in [-0.39, 0.29) is 0 Å². The molecule has 0 aliphatic carbocycles. The lowest BCUT2D eigenvalue weighted by molar-refractivity contribution is 0.109. The Hall–Kier alpha value is -0.380. The highest BCUT2D eigenvalue weighted by Gasteiger charge is 2.32. The van der Waals surface area contributed by atoms with E-state index in [0.717, 1.165) is 0 Å². The molecule has 0 amide bonds. The third-order valence-corrected chi connectivity index (χ3v) is 1.28. The lowest BCUT2D eigenvalue weighted by atomic mass is 10.3. The van der Waals surface area contributed by atoms with Crippen molar-refractivity contribution in [2.45, 2.75) is 18.0 Å². The predicted octanol–water partition coefficient (Wildman–Crippen LogP) is 0.708. The van der Waals surface area contributed by atoms with Crippen LogP contribution in [0.5, 0.6) is 0 Å². The predicted molar refractivity (Wildman–Crippen MR) is 29.0 cm³/mol. The highest BCUT2D eigenvalue weighted by molar-refractivity contribution is 6.21. The summed E-state index contributed by atoms with van der Waals surface area (Å²) in [6.07, 6.45) is -0.494. The molecular weight excluding hydrogens is 150 g/mol. The summed E-state index contributed by atoms with van der Waals surface area (Å²) in [5, 5.41) is 3.22. The van der Waals surface area contributed by atoms with Crippen LogP contribution in [0, 0.1) is 0 Å². The third-order valence-electron chi connectivity index (χ3n) is 0.928. The van der Waals surface area contributed by atoms with Crippen molar-refractivity contribution in [3.8, 4) is 0 Å². The van der Waals surface area contributed by atoms with E-state index in [4.69, 9.17) is 11.6 Å². The van der Waals surface area contributed by atoms with E-state index in [0.29, 0.717) is 0 Å². The topological polar surface area (TPSA) is 26.5 Å². The maximum Gasteiger partial charge on any atom is 0.264 e. The van der Waals surface area contributed by atoms with Crippen LogP contribution in [0.4, 0.5) is 8.78 Å². The lowest BCUT2D eigenvalue weighted by Crippen LogP contribution is -2.31. The SMILES string of the molecule is FC(F)C1[N][C]=NC1Cl. The number of rotatable bonds is 1. The molecule has 2 atom stereocenters. The van der Waals surface area contributed by atoms with Gasteiger partial charge < -0.3 is 0 Å². The highest BCUT2D eigenvalue weighted by atomic mass is 35.5. The van der Waals surface area contributed by atoms with Crippen LogP contribution in [0.3, 0.4) is 0 Å². The van der Waals surface area contributed by atoms with E-state index in [1.807, 2.05) is 6.34 Å². The summed E-state index contributed by atoms with van der Waals surface area (Å²) in [5.41, 5.74) is -0.926. The van der Waals surface area contributed by atoms with Crippen LogP contribution in [0.15, 0.2) is 4.99 Å². The monoisotopic (exact) mass is 152 g/mol. The lowest BCUT2D eigenvalue weighted by Gasteiger charge is -2.07.